The van der Waals surface area contributed by atoms with Gasteiger partial charge in [-0.1, -0.05) is 30.3 Å². The Hall–Kier alpha value is -0.860. The van der Waals surface area contributed by atoms with Gasteiger partial charge >= 0.3 is 0 Å². The molecule has 92 valence electrons. The first-order valence-corrected chi connectivity index (χ1v) is 6.91. The van der Waals surface area contributed by atoms with Crippen molar-refractivity contribution in [1.82, 2.24) is 9.80 Å². The number of hydrogen-bond donors (Lipinski definition) is 0. The van der Waals surface area contributed by atoms with E-state index in [1.54, 1.807) is 0 Å². The lowest BCUT2D eigenvalue weighted by Gasteiger charge is -2.43. The SMILES string of the molecule is CC(c1ccccc1)N1CCCN2CCCC21. The van der Waals surface area contributed by atoms with E-state index in [9.17, 15) is 0 Å². The average molecular weight is 230 g/mol. The highest BCUT2D eigenvalue weighted by Crippen LogP contribution is 2.32. The minimum absolute atomic E-state index is 0.557. The fourth-order valence-corrected chi connectivity index (χ4v) is 3.43. The second-order valence-corrected chi connectivity index (χ2v) is 5.34. The van der Waals surface area contributed by atoms with E-state index in [0.29, 0.717) is 12.2 Å². The Morgan fingerprint density at radius 3 is 2.65 bits per heavy atom. The minimum atomic E-state index is 0.557. The number of nitrogens with zero attached hydrogens (tertiary/aromatic N) is 2. The predicted molar refractivity (Wildman–Crippen MR) is 70.8 cm³/mol. The zero-order chi connectivity index (χ0) is 11.7. The van der Waals surface area contributed by atoms with Crippen molar-refractivity contribution in [2.75, 3.05) is 19.6 Å². The van der Waals surface area contributed by atoms with Crippen LogP contribution in [0.2, 0.25) is 0 Å². The molecule has 2 aliphatic heterocycles. The van der Waals surface area contributed by atoms with E-state index in [2.05, 4.69) is 47.1 Å². The van der Waals surface area contributed by atoms with Crippen LogP contribution in [-0.4, -0.2) is 35.6 Å². The van der Waals surface area contributed by atoms with Gasteiger partial charge in [0.1, 0.15) is 0 Å². The lowest BCUT2D eigenvalue weighted by Crippen LogP contribution is -2.51. The van der Waals surface area contributed by atoms with Crippen molar-refractivity contribution in [3.8, 4) is 0 Å². The van der Waals surface area contributed by atoms with Gasteiger partial charge in [-0.2, -0.15) is 0 Å². The standard InChI is InChI=1S/C15H22N2/c1-13(14-7-3-2-4-8-14)17-12-6-11-16-10-5-9-15(16)17/h2-4,7-8,13,15H,5-6,9-12H2,1H3. The maximum Gasteiger partial charge on any atom is 0.0628 e. The summed E-state index contributed by atoms with van der Waals surface area (Å²) in [5.41, 5.74) is 1.46. The summed E-state index contributed by atoms with van der Waals surface area (Å²) in [5, 5.41) is 0. The number of fused-ring (bicyclic) bond motifs is 1. The van der Waals surface area contributed by atoms with E-state index in [1.165, 1.54) is 44.5 Å². The Morgan fingerprint density at radius 2 is 1.82 bits per heavy atom. The lowest BCUT2D eigenvalue weighted by atomic mass is 10.0. The molecule has 3 rings (SSSR count). The molecule has 2 aliphatic rings. The molecule has 0 bridgehead atoms. The second kappa shape index (κ2) is 4.79. The van der Waals surface area contributed by atoms with Gasteiger partial charge in [-0.05, 0) is 38.3 Å². The molecule has 17 heavy (non-hydrogen) atoms. The summed E-state index contributed by atoms with van der Waals surface area (Å²) in [6, 6.07) is 11.5. The van der Waals surface area contributed by atoms with Gasteiger partial charge in [0.2, 0.25) is 0 Å². The molecule has 0 radical (unpaired) electrons. The number of rotatable bonds is 2. The molecule has 0 aliphatic carbocycles. The largest absolute Gasteiger partial charge is 0.288 e. The molecule has 0 aromatic heterocycles. The van der Waals surface area contributed by atoms with Crippen molar-refractivity contribution >= 4 is 0 Å². The fraction of sp³-hybridized carbons (Fsp3) is 0.600. The van der Waals surface area contributed by atoms with E-state index < -0.39 is 0 Å². The molecule has 0 amide bonds. The first-order valence-electron chi connectivity index (χ1n) is 6.91. The zero-order valence-corrected chi connectivity index (χ0v) is 10.7. The van der Waals surface area contributed by atoms with Crippen molar-refractivity contribution in [1.29, 1.82) is 0 Å². The summed E-state index contributed by atoms with van der Waals surface area (Å²) in [4.78, 5) is 5.37. The Morgan fingerprint density at radius 1 is 1.06 bits per heavy atom. The first-order chi connectivity index (χ1) is 8.36. The van der Waals surface area contributed by atoms with Gasteiger partial charge in [-0.25, -0.2) is 0 Å². The summed E-state index contributed by atoms with van der Waals surface area (Å²) in [6.07, 6.45) is 4.77. The van der Waals surface area contributed by atoms with Crippen molar-refractivity contribution in [3.05, 3.63) is 35.9 Å². The molecule has 2 heteroatoms. The Labute approximate surface area is 104 Å². The van der Waals surface area contributed by atoms with Gasteiger partial charge < -0.3 is 0 Å². The summed E-state index contributed by atoms with van der Waals surface area (Å²) >= 11 is 0. The van der Waals surface area contributed by atoms with Crippen molar-refractivity contribution in [2.24, 2.45) is 0 Å². The van der Waals surface area contributed by atoms with E-state index in [1.807, 2.05) is 0 Å². The van der Waals surface area contributed by atoms with Crippen molar-refractivity contribution in [2.45, 2.75) is 38.4 Å². The van der Waals surface area contributed by atoms with Crippen LogP contribution in [0.3, 0.4) is 0 Å². The van der Waals surface area contributed by atoms with Crippen LogP contribution in [0.15, 0.2) is 30.3 Å². The number of hydrogen-bond acceptors (Lipinski definition) is 2. The molecule has 1 aromatic carbocycles. The molecular weight excluding hydrogens is 208 g/mol. The first kappa shape index (κ1) is 11.2. The van der Waals surface area contributed by atoms with Crippen LogP contribution < -0.4 is 0 Å². The molecule has 2 fully saturated rings. The highest BCUT2D eigenvalue weighted by Gasteiger charge is 2.35. The molecule has 2 heterocycles. The van der Waals surface area contributed by atoms with E-state index in [0.717, 1.165) is 0 Å². The van der Waals surface area contributed by atoms with Gasteiger partial charge in [0.15, 0.2) is 0 Å². The van der Waals surface area contributed by atoms with Crippen LogP contribution in [0.25, 0.3) is 0 Å². The van der Waals surface area contributed by atoms with E-state index in [-0.39, 0.29) is 0 Å². The predicted octanol–water partition coefficient (Wildman–Crippen LogP) is 2.88. The molecule has 0 spiro atoms. The van der Waals surface area contributed by atoms with Gasteiger partial charge in [0.05, 0.1) is 6.17 Å². The Kier molecular flexibility index (Phi) is 3.17. The highest BCUT2D eigenvalue weighted by atomic mass is 15.4. The fourth-order valence-electron chi connectivity index (χ4n) is 3.43. The van der Waals surface area contributed by atoms with Gasteiger partial charge in [-0.15, -0.1) is 0 Å². The summed E-state index contributed by atoms with van der Waals surface area (Å²) in [7, 11) is 0. The Bertz CT molecular complexity index is 362. The van der Waals surface area contributed by atoms with Crippen LogP contribution in [0, 0.1) is 0 Å². The van der Waals surface area contributed by atoms with Gasteiger partial charge in [-0.3, -0.25) is 9.80 Å². The normalized spacial score (nSPS) is 27.9. The quantitative estimate of drug-likeness (QED) is 0.771. The monoisotopic (exact) mass is 230 g/mol. The summed E-state index contributed by atoms with van der Waals surface area (Å²) in [5.74, 6) is 0. The van der Waals surface area contributed by atoms with Crippen LogP contribution in [0.5, 0.6) is 0 Å². The Balaban J connectivity index is 1.79. The maximum absolute atomic E-state index is 2.70. The van der Waals surface area contributed by atoms with Gasteiger partial charge in [0, 0.05) is 19.1 Å². The van der Waals surface area contributed by atoms with E-state index >= 15 is 0 Å². The lowest BCUT2D eigenvalue weighted by molar-refractivity contribution is 0.00672. The highest BCUT2D eigenvalue weighted by molar-refractivity contribution is 5.18. The zero-order valence-electron chi connectivity index (χ0n) is 10.7. The second-order valence-electron chi connectivity index (χ2n) is 5.34. The smallest absolute Gasteiger partial charge is 0.0628 e. The summed E-state index contributed by atoms with van der Waals surface area (Å²) < 4.78 is 0. The average Bonchev–Trinajstić information content (AvgIpc) is 2.87. The molecule has 0 saturated carbocycles. The molecule has 2 atom stereocenters. The molecule has 1 aromatic rings. The van der Waals surface area contributed by atoms with Crippen LogP contribution >= 0.6 is 0 Å². The topological polar surface area (TPSA) is 6.48 Å². The van der Waals surface area contributed by atoms with Crippen molar-refractivity contribution < 1.29 is 0 Å². The van der Waals surface area contributed by atoms with Crippen LogP contribution in [0.1, 0.15) is 37.8 Å². The maximum atomic E-state index is 2.70. The van der Waals surface area contributed by atoms with Crippen LogP contribution in [-0.2, 0) is 0 Å². The molecule has 2 saturated heterocycles. The molecule has 0 N–H and O–H groups in total. The third kappa shape index (κ3) is 2.12. The third-order valence-corrected chi connectivity index (χ3v) is 4.35. The van der Waals surface area contributed by atoms with E-state index in [4.69, 9.17) is 0 Å². The molecule has 2 nitrogen and oxygen atoms in total. The molecule has 2 unspecified atom stereocenters. The molecular formula is C15H22N2. The summed E-state index contributed by atoms with van der Waals surface area (Å²) in [6.45, 7) is 6.24. The number of benzene rings is 1. The van der Waals surface area contributed by atoms with Crippen LogP contribution in [0.4, 0.5) is 0 Å². The third-order valence-electron chi connectivity index (χ3n) is 4.35. The van der Waals surface area contributed by atoms with Crippen molar-refractivity contribution in [3.63, 3.8) is 0 Å². The minimum Gasteiger partial charge on any atom is -0.288 e. The van der Waals surface area contributed by atoms with Gasteiger partial charge in [0.25, 0.3) is 0 Å².